The van der Waals surface area contributed by atoms with Gasteiger partial charge in [-0.15, -0.1) is 0 Å². The third-order valence-electron chi connectivity index (χ3n) is 2.19. The van der Waals surface area contributed by atoms with E-state index in [0.717, 1.165) is 0 Å². The van der Waals surface area contributed by atoms with E-state index in [4.69, 9.17) is 10.5 Å². The highest BCUT2D eigenvalue weighted by Gasteiger charge is 2.08. The van der Waals surface area contributed by atoms with E-state index in [9.17, 15) is 4.39 Å². The summed E-state index contributed by atoms with van der Waals surface area (Å²) >= 11 is 3.17. The van der Waals surface area contributed by atoms with E-state index in [0.29, 0.717) is 16.8 Å². The van der Waals surface area contributed by atoms with Crippen LogP contribution in [0.5, 0.6) is 11.6 Å². The van der Waals surface area contributed by atoms with Crippen LogP contribution >= 0.6 is 15.9 Å². The summed E-state index contributed by atoms with van der Waals surface area (Å²) in [6, 6.07) is 6.05. The van der Waals surface area contributed by atoms with Crippen LogP contribution < -0.4 is 15.8 Å². The second-order valence-electron chi connectivity index (χ2n) is 3.66. The first kappa shape index (κ1) is 13.5. The standard InChI is InChI=1S/C12H12BrFN4O/c1-2-16-10-6-11(18-12(15)17-10)19-9-4-3-7(13)5-8(9)14/h3-6H,2H2,1H3,(H3,15,16,17,18). The van der Waals surface area contributed by atoms with Gasteiger partial charge in [0, 0.05) is 17.1 Å². The SMILES string of the molecule is CCNc1cc(Oc2ccc(Br)cc2F)nc(N)n1. The van der Waals surface area contributed by atoms with Crippen LogP contribution in [-0.4, -0.2) is 16.5 Å². The first-order valence-electron chi connectivity index (χ1n) is 5.60. The quantitative estimate of drug-likeness (QED) is 0.902. The molecule has 100 valence electrons. The fourth-order valence-corrected chi connectivity index (χ4v) is 1.77. The molecule has 0 bridgehead atoms. The molecule has 0 saturated heterocycles. The van der Waals surface area contributed by atoms with Gasteiger partial charge < -0.3 is 15.8 Å². The van der Waals surface area contributed by atoms with Gasteiger partial charge in [0.15, 0.2) is 11.6 Å². The molecule has 0 unspecified atom stereocenters. The third kappa shape index (κ3) is 3.54. The number of nitrogen functional groups attached to an aromatic ring is 1. The first-order chi connectivity index (χ1) is 9.08. The zero-order chi connectivity index (χ0) is 13.8. The minimum atomic E-state index is -0.489. The molecule has 3 N–H and O–H groups in total. The lowest BCUT2D eigenvalue weighted by molar-refractivity contribution is 0.427. The minimum Gasteiger partial charge on any atom is -0.436 e. The summed E-state index contributed by atoms with van der Waals surface area (Å²) in [5.74, 6) is 0.360. The van der Waals surface area contributed by atoms with E-state index in [1.165, 1.54) is 12.1 Å². The molecule has 0 spiro atoms. The zero-order valence-electron chi connectivity index (χ0n) is 10.2. The molecule has 19 heavy (non-hydrogen) atoms. The highest BCUT2D eigenvalue weighted by atomic mass is 79.9. The van der Waals surface area contributed by atoms with Crippen LogP contribution in [0.25, 0.3) is 0 Å². The van der Waals surface area contributed by atoms with Crippen molar-refractivity contribution in [2.24, 2.45) is 0 Å². The number of hydrogen-bond acceptors (Lipinski definition) is 5. The van der Waals surface area contributed by atoms with E-state index in [1.807, 2.05) is 6.92 Å². The Morgan fingerprint density at radius 3 is 2.84 bits per heavy atom. The Labute approximate surface area is 118 Å². The molecule has 0 aliphatic carbocycles. The highest BCUT2D eigenvalue weighted by Crippen LogP contribution is 2.27. The fraction of sp³-hybridized carbons (Fsp3) is 0.167. The van der Waals surface area contributed by atoms with Crippen molar-refractivity contribution in [2.45, 2.75) is 6.92 Å². The minimum absolute atomic E-state index is 0.0611. The van der Waals surface area contributed by atoms with E-state index < -0.39 is 5.82 Å². The van der Waals surface area contributed by atoms with Gasteiger partial charge in [0.25, 0.3) is 0 Å². The number of anilines is 2. The summed E-state index contributed by atoms with van der Waals surface area (Å²) in [6.45, 7) is 2.61. The van der Waals surface area contributed by atoms with Crippen LogP contribution in [0.4, 0.5) is 16.2 Å². The van der Waals surface area contributed by atoms with Crippen LogP contribution in [0, 0.1) is 5.82 Å². The third-order valence-corrected chi connectivity index (χ3v) is 2.68. The lowest BCUT2D eigenvalue weighted by Gasteiger charge is -2.08. The molecule has 7 heteroatoms. The van der Waals surface area contributed by atoms with Crippen molar-refractivity contribution in [1.29, 1.82) is 0 Å². The summed E-state index contributed by atoms with van der Waals surface area (Å²) in [6.07, 6.45) is 0. The molecule has 0 atom stereocenters. The molecule has 0 aliphatic rings. The number of nitrogens with two attached hydrogens (primary N) is 1. The van der Waals surface area contributed by atoms with Crippen molar-refractivity contribution >= 4 is 27.7 Å². The second-order valence-corrected chi connectivity index (χ2v) is 4.57. The van der Waals surface area contributed by atoms with Gasteiger partial charge in [-0.2, -0.15) is 9.97 Å². The van der Waals surface area contributed by atoms with E-state index in [1.54, 1.807) is 12.1 Å². The zero-order valence-corrected chi connectivity index (χ0v) is 11.7. The second kappa shape index (κ2) is 5.83. The van der Waals surface area contributed by atoms with Crippen LogP contribution in [-0.2, 0) is 0 Å². The smallest absolute Gasteiger partial charge is 0.226 e. The molecule has 0 fully saturated rings. The maximum absolute atomic E-state index is 13.6. The van der Waals surface area contributed by atoms with E-state index in [-0.39, 0.29) is 17.6 Å². The Morgan fingerprint density at radius 2 is 2.16 bits per heavy atom. The topological polar surface area (TPSA) is 73.1 Å². The molecular weight excluding hydrogens is 315 g/mol. The van der Waals surface area contributed by atoms with Crippen molar-refractivity contribution in [3.63, 3.8) is 0 Å². The molecule has 0 aliphatic heterocycles. The Bertz CT molecular complexity index is 594. The van der Waals surface area contributed by atoms with Gasteiger partial charge in [-0.05, 0) is 25.1 Å². The van der Waals surface area contributed by atoms with Gasteiger partial charge in [0.05, 0.1) is 0 Å². The highest BCUT2D eigenvalue weighted by molar-refractivity contribution is 9.10. The first-order valence-corrected chi connectivity index (χ1v) is 6.39. The monoisotopic (exact) mass is 326 g/mol. The number of benzene rings is 1. The maximum atomic E-state index is 13.6. The molecule has 2 rings (SSSR count). The van der Waals surface area contributed by atoms with E-state index >= 15 is 0 Å². The molecule has 0 saturated carbocycles. The summed E-state index contributed by atoms with van der Waals surface area (Å²) in [7, 11) is 0. The number of nitrogens with zero attached hydrogens (tertiary/aromatic N) is 2. The number of hydrogen-bond donors (Lipinski definition) is 2. The molecular formula is C12H12BrFN4O. The molecule has 1 heterocycles. The van der Waals surface area contributed by atoms with Gasteiger partial charge in [-0.1, -0.05) is 15.9 Å². The van der Waals surface area contributed by atoms with Gasteiger partial charge in [0.1, 0.15) is 5.82 Å². The Kier molecular flexibility index (Phi) is 4.16. The van der Waals surface area contributed by atoms with Crippen LogP contribution in [0.3, 0.4) is 0 Å². The van der Waals surface area contributed by atoms with Gasteiger partial charge in [-0.3, -0.25) is 0 Å². The maximum Gasteiger partial charge on any atom is 0.226 e. The summed E-state index contributed by atoms with van der Waals surface area (Å²) < 4.78 is 19.6. The lowest BCUT2D eigenvalue weighted by atomic mass is 10.3. The fourth-order valence-electron chi connectivity index (χ4n) is 1.44. The summed E-state index contributed by atoms with van der Waals surface area (Å²) in [5.41, 5.74) is 5.56. The summed E-state index contributed by atoms with van der Waals surface area (Å²) in [4.78, 5) is 7.88. The van der Waals surface area contributed by atoms with E-state index in [2.05, 4.69) is 31.2 Å². The molecule has 0 amide bonds. The predicted octanol–water partition coefficient (Wildman–Crippen LogP) is 3.18. The van der Waals surface area contributed by atoms with Crippen molar-refractivity contribution in [1.82, 2.24) is 9.97 Å². The molecule has 0 radical (unpaired) electrons. The van der Waals surface area contributed by atoms with Gasteiger partial charge in [0.2, 0.25) is 11.8 Å². The van der Waals surface area contributed by atoms with Gasteiger partial charge in [-0.25, -0.2) is 4.39 Å². The number of rotatable bonds is 4. The summed E-state index contributed by atoms with van der Waals surface area (Å²) in [5, 5.41) is 2.99. The molecule has 2 aromatic rings. The Morgan fingerprint density at radius 1 is 1.37 bits per heavy atom. The van der Waals surface area contributed by atoms with Crippen LogP contribution in [0.1, 0.15) is 6.92 Å². The molecule has 5 nitrogen and oxygen atoms in total. The Hall–Kier alpha value is -1.89. The van der Waals surface area contributed by atoms with Crippen LogP contribution in [0.15, 0.2) is 28.7 Å². The van der Waals surface area contributed by atoms with Crippen molar-refractivity contribution in [3.8, 4) is 11.6 Å². The normalized spacial score (nSPS) is 10.3. The van der Waals surface area contributed by atoms with Gasteiger partial charge >= 0.3 is 0 Å². The number of ether oxygens (including phenoxy) is 1. The van der Waals surface area contributed by atoms with Crippen molar-refractivity contribution in [2.75, 3.05) is 17.6 Å². The number of aromatic nitrogens is 2. The number of halogens is 2. The molecule has 1 aromatic heterocycles. The average Bonchev–Trinajstić information content (AvgIpc) is 2.32. The molecule has 1 aromatic carbocycles. The largest absolute Gasteiger partial charge is 0.436 e. The van der Waals surface area contributed by atoms with Crippen molar-refractivity contribution < 1.29 is 9.13 Å². The van der Waals surface area contributed by atoms with Crippen LogP contribution in [0.2, 0.25) is 0 Å². The number of nitrogens with one attached hydrogen (secondary N) is 1. The average molecular weight is 327 g/mol. The predicted molar refractivity (Wildman–Crippen MR) is 74.8 cm³/mol. The lowest BCUT2D eigenvalue weighted by Crippen LogP contribution is -2.04. The Balaban J connectivity index is 2.27. The van der Waals surface area contributed by atoms with Crippen molar-refractivity contribution in [3.05, 3.63) is 34.6 Å².